The molecule has 0 spiro atoms. The van der Waals surface area contributed by atoms with Gasteiger partial charge in [0.2, 0.25) is 24.1 Å². The van der Waals surface area contributed by atoms with Crippen LogP contribution < -0.4 is 21.8 Å². The highest BCUT2D eigenvalue weighted by atomic mass is 16.7. The van der Waals surface area contributed by atoms with E-state index in [1.165, 1.54) is 12.5 Å². The Morgan fingerprint density at radius 1 is 1.30 bits per heavy atom. The molecule has 30 heavy (non-hydrogen) atoms. The van der Waals surface area contributed by atoms with Crippen molar-refractivity contribution in [1.82, 2.24) is 14.5 Å². The van der Waals surface area contributed by atoms with Crippen LogP contribution in [0.15, 0.2) is 53.5 Å². The van der Waals surface area contributed by atoms with Crippen LogP contribution >= 0.6 is 0 Å². The number of hydrogen-bond acceptors (Lipinski definition) is 8. The van der Waals surface area contributed by atoms with Gasteiger partial charge >= 0.3 is 0 Å². The SMILES string of the molecule is CCn1c(N)c(C(N)=O)c(=O)c2cnc(N(Cc3ccccc3)C3=COCO3)nc21. The molecule has 0 atom stereocenters. The summed E-state index contributed by atoms with van der Waals surface area (Å²) in [5.41, 5.74) is 11.9. The molecule has 4 N–H and O–H groups in total. The summed E-state index contributed by atoms with van der Waals surface area (Å²) in [5.74, 6) is -0.194. The number of fused-ring (bicyclic) bond motifs is 1. The Morgan fingerprint density at radius 3 is 2.70 bits per heavy atom. The Kier molecular flexibility index (Phi) is 4.97. The number of nitrogen functional groups attached to an aromatic ring is 1. The average molecular weight is 408 g/mol. The Balaban J connectivity index is 1.89. The fourth-order valence-corrected chi connectivity index (χ4v) is 3.31. The third-order valence-electron chi connectivity index (χ3n) is 4.74. The Hall–Kier alpha value is -4.08. The average Bonchev–Trinajstić information content (AvgIpc) is 3.27. The zero-order chi connectivity index (χ0) is 21.3. The van der Waals surface area contributed by atoms with Gasteiger partial charge in [-0.3, -0.25) is 14.5 Å². The van der Waals surface area contributed by atoms with Gasteiger partial charge in [-0.05, 0) is 12.5 Å². The number of hydrogen-bond donors (Lipinski definition) is 2. The van der Waals surface area contributed by atoms with Crippen molar-refractivity contribution < 1.29 is 14.3 Å². The molecule has 0 fully saturated rings. The molecule has 4 rings (SSSR count). The van der Waals surface area contributed by atoms with Gasteiger partial charge in [-0.2, -0.15) is 4.98 Å². The summed E-state index contributed by atoms with van der Waals surface area (Å²) >= 11 is 0. The minimum atomic E-state index is -0.891. The van der Waals surface area contributed by atoms with E-state index in [0.29, 0.717) is 24.6 Å². The van der Waals surface area contributed by atoms with Crippen LogP contribution in [0.25, 0.3) is 11.0 Å². The standard InChI is InChI=1S/C20H20N6O4/c1-2-25-17(21)15(18(22)28)16(27)13-8-23-20(24-19(13)25)26(14-10-29-11-30-14)9-12-6-4-3-5-7-12/h3-8,10H,2,9,11,21H2,1H3,(H2,22,28). The molecule has 0 radical (unpaired) electrons. The molecule has 0 unspecified atom stereocenters. The zero-order valence-corrected chi connectivity index (χ0v) is 16.2. The van der Waals surface area contributed by atoms with E-state index < -0.39 is 11.3 Å². The number of anilines is 2. The predicted molar refractivity (Wildman–Crippen MR) is 110 cm³/mol. The summed E-state index contributed by atoms with van der Waals surface area (Å²) in [7, 11) is 0. The number of primary amides is 1. The first-order valence-electron chi connectivity index (χ1n) is 9.26. The van der Waals surface area contributed by atoms with Gasteiger partial charge in [0.15, 0.2) is 5.65 Å². The first-order chi connectivity index (χ1) is 14.5. The Morgan fingerprint density at radius 2 is 2.07 bits per heavy atom. The van der Waals surface area contributed by atoms with Gasteiger partial charge in [0.25, 0.3) is 5.91 Å². The van der Waals surface area contributed by atoms with Crippen molar-refractivity contribution >= 4 is 28.7 Å². The van der Waals surface area contributed by atoms with E-state index in [0.717, 1.165) is 5.56 Å². The van der Waals surface area contributed by atoms with Crippen molar-refractivity contribution in [3.8, 4) is 0 Å². The van der Waals surface area contributed by atoms with E-state index in [9.17, 15) is 9.59 Å². The van der Waals surface area contributed by atoms with Gasteiger partial charge in [0.05, 0.1) is 11.9 Å². The molecule has 1 amide bonds. The van der Waals surface area contributed by atoms with Crippen molar-refractivity contribution in [2.24, 2.45) is 5.73 Å². The maximum Gasteiger partial charge on any atom is 0.256 e. The fraction of sp³-hybridized carbons (Fsp3) is 0.200. The third-order valence-corrected chi connectivity index (χ3v) is 4.74. The maximum atomic E-state index is 12.7. The number of aryl methyl sites for hydroxylation is 1. The van der Waals surface area contributed by atoms with Crippen molar-refractivity contribution in [2.45, 2.75) is 20.0 Å². The van der Waals surface area contributed by atoms with Crippen LogP contribution in [0.4, 0.5) is 11.8 Å². The number of pyridine rings is 1. The number of carbonyl (C=O) groups excluding carboxylic acids is 1. The molecule has 3 heterocycles. The van der Waals surface area contributed by atoms with Gasteiger partial charge in [-0.15, -0.1) is 0 Å². The molecule has 0 aliphatic carbocycles. The first-order valence-corrected chi connectivity index (χ1v) is 9.26. The van der Waals surface area contributed by atoms with E-state index >= 15 is 0 Å². The summed E-state index contributed by atoms with van der Waals surface area (Å²) in [6.45, 7) is 2.70. The van der Waals surface area contributed by atoms with E-state index in [-0.39, 0.29) is 29.5 Å². The van der Waals surface area contributed by atoms with Gasteiger partial charge in [-0.1, -0.05) is 30.3 Å². The van der Waals surface area contributed by atoms with Crippen LogP contribution in [0.2, 0.25) is 0 Å². The molecular weight excluding hydrogens is 388 g/mol. The van der Waals surface area contributed by atoms with Crippen LogP contribution in [0, 0.1) is 0 Å². The van der Waals surface area contributed by atoms with E-state index in [1.54, 1.807) is 9.47 Å². The van der Waals surface area contributed by atoms with Gasteiger partial charge in [0.1, 0.15) is 17.6 Å². The molecular formula is C20H20N6O4. The van der Waals surface area contributed by atoms with Crippen LogP contribution in [-0.2, 0) is 22.6 Å². The number of nitrogens with two attached hydrogens (primary N) is 2. The zero-order valence-electron chi connectivity index (χ0n) is 16.2. The highest BCUT2D eigenvalue weighted by Crippen LogP contribution is 2.24. The molecule has 10 heteroatoms. The number of benzene rings is 1. The lowest BCUT2D eigenvalue weighted by Gasteiger charge is -2.22. The van der Waals surface area contributed by atoms with Gasteiger partial charge in [0, 0.05) is 12.7 Å². The lowest BCUT2D eigenvalue weighted by molar-refractivity contribution is 0.0780. The van der Waals surface area contributed by atoms with Crippen LogP contribution in [0.3, 0.4) is 0 Å². The lowest BCUT2D eigenvalue weighted by Crippen LogP contribution is -2.29. The smallest absolute Gasteiger partial charge is 0.256 e. The van der Waals surface area contributed by atoms with Gasteiger partial charge < -0.3 is 25.5 Å². The van der Waals surface area contributed by atoms with Crippen molar-refractivity contribution in [2.75, 3.05) is 17.4 Å². The minimum Gasteiger partial charge on any atom is -0.459 e. The summed E-state index contributed by atoms with van der Waals surface area (Å²) in [5, 5.41) is 0.154. The number of carbonyl (C=O) groups is 1. The van der Waals surface area contributed by atoms with Crippen LogP contribution in [0.1, 0.15) is 22.8 Å². The number of aromatic nitrogens is 3. The highest BCUT2D eigenvalue weighted by Gasteiger charge is 2.24. The van der Waals surface area contributed by atoms with Gasteiger partial charge in [-0.25, -0.2) is 4.98 Å². The van der Waals surface area contributed by atoms with Crippen molar-refractivity contribution in [1.29, 1.82) is 0 Å². The second-order valence-corrected chi connectivity index (χ2v) is 6.56. The third kappa shape index (κ3) is 3.28. The normalized spacial score (nSPS) is 12.9. The number of ether oxygens (including phenoxy) is 2. The molecule has 3 aromatic rings. The molecule has 0 bridgehead atoms. The first kappa shape index (κ1) is 19.2. The largest absolute Gasteiger partial charge is 0.459 e. The minimum absolute atomic E-state index is 0.0265. The van der Waals surface area contributed by atoms with E-state index in [2.05, 4.69) is 9.97 Å². The summed E-state index contributed by atoms with van der Waals surface area (Å²) in [6, 6.07) is 9.70. The van der Waals surface area contributed by atoms with Crippen LogP contribution in [0.5, 0.6) is 0 Å². The molecule has 154 valence electrons. The predicted octanol–water partition coefficient (Wildman–Crippen LogP) is 1.30. The molecule has 1 aromatic carbocycles. The molecule has 0 saturated carbocycles. The fourth-order valence-electron chi connectivity index (χ4n) is 3.31. The molecule has 10 nitrogen and oxygen atoms in total. The number of nitrogens with zero attached hydrogens (tertiary/aromatic N) is 4. The number of amides is 1. The second kappa shape index (κ2) is 7.74. The Labute approximate surface area is 171 Å². The lowest BCUT2D eigenvalue weighted by atomic mass is 10.1. The van der Waals surface area contributed by atoms with Crippen LogP contribution in [-0.4, -0.2) is 27.2 Å². The van der Waals surface area contributed by atoms with Crippen molar-refractivity contribution in [3.63, 3.8) is 0 Å². The van der Waals surface area contributed by atoms with Crippen molar-refractivity contribution in [3.05, 3.63) is 70.0 Å². The molecule has 1 aliphatic heterocycles. The molecule has 1 aliphatic rings. The summed E-state index contributed by atoms with van der Waals surface area (Å²) < 4.78 is 12.3. The monoisotopic (exact) mass is 408 g/mol. The quantitative estimate of drug-likeness (QED) is 0.622. The Bertz CT molecular complexity index is 1210. The van der Waals surface area contributed by atoms with E-state index in [1.807, 2.05) is 37.3 Å². The second-order valence-electron chi connectivity index (χ2n) is 6.56. The highest BCUT2D eigenvalue weighted by molar-refractivity contribution is 6.00. The number of rotatable bonds is 6. The summed E-state index contributed by atoms with van der Waals surface area (Å²) in [6.07, 6.45) is 2.85. The molecule has 2 aromatic heterocycles. The van der Waals surface area contributed by atoms with E-state index in [4.69, 9.17) is 20.9 Å². The maximum absolute atomic E-state index is 12.7. The molecule has 0 saturated heterocycles. The summed E-state index contributed by atoms with van der Waals surface area (Å²) in [4.78, 5) is 35.1. The topological polar surface area (TPSA) is 139 Å².